The molecule has 0 unspecified atom stereocenters. The third kappa shape index (κ3) is 3.37. The number of nitrogens with zero attached hydrogens (tertiary/aromatic N) is 2. The fraction of sp³-hybridized carbons (Fsp3) is 0.846. The van der Waals surface area contributed by atoms with Gasteiger partial charge in [0.2, 0.25) is 0 Å². The number of hydrogen-bond acceptors (Lipinski definition) is 4. The first-order valence-electron chi connectivity index (χ1n) is 6.71. The third-order valence-electron chi connectivity index (χ3n) is 3.62. The number of aliphatic carboxylic acids is 1. The summed E-state index contributed by atoms with van der Waals surface area (Å²) in [5, 5.41) is 9.06. The second kappa shape index (κ2) is 5.00. The molecule has 0 aromatic carbocycles. The number of carbonyl (C=O) groups is 2. The monoisotopic (exact) mass is 270 g/mol. The molecule has 2 atom stereocenters. The predicted octanol–water partition coefficient (Wildman–Crippen LogP) is 1.01. The van der Waals surface area contributed by atoms with Gasteiger partial charge in [0.1, 0.15) is 5.60 Å². The molecule has 0 spiro atoms. The second-order valence-corrected chi connectivity index (χ2v) is 6.35. The number of fused-ring (bicyclic) bond motifs is 1. The van der Waals surface area contributed by atoms with Gasteiger partial charge in [-0.25, -0.2) is 4.79 Å². The van der Waals surface area contributed by atoms with E-state index in [0.29, 0.717) is 26.1 Å². The van der Waals surface area contributed by atoms with Crippen LogP contribution in [-0.4, -0.2) is 64.8 Å². The smallest absolute Gasteiger partial charge is 0.410 e. The van der Waals surface area contributed by atoms with Gasteiger partial charge in [-0.05, 0) is 27.2 Å². The fourth-order valence-corrected chi connectivity index (χ4v) is 2.71. The summed E-state index contributed by atoms with van der Waals surface area (Å²) < 4.78 is 5.35. The molecule has 108 valence electrons. The van der Waals surface area contributed by atoms with Crippen LogP contribution in [0.2, 0.25) is 0 Å². The van der Waals surface area contributed by atoms with Crippen molar-refractivity contribution in [2.24, 2.45) is 5.92 Å². The molecular weight excluding hydrogens is 248 g/mol. The van der Waals surface area contributed by atoms with Gasteiger partial charge in [0.15, 0.2) is 0 Å². The van der Waals surface area contributed by atoms with E-state index in [-0.39, 0.29) is 18.1 Å². The minimum absolute atomic E-state index is 0.155. The maximum Gasteiger partial charge on any atom is 0.410 e. The number of ether oxygens (including phenoxy) is 1. The molecule has 0 aromatic rings. The summed E-state index contributed by atoms with van der Waals surface area (Å²) >= 11 is 0. The average Bonchev–Trinajstić information content (AvgIpc) is 2.69. The van der Waals surface area contributed by atoms with Crippen molar-refractivity contribution in [3.8, 4) is 0 Å². The number of hydrogen-bond donors (Lipinski definition) is 1. The lowest BCUT2D eigenvalue weighted by molar-refractivity contribution is -0.141. The van der Waals surface area contributed by atoms with E-state index >= 15 is 0 Å². The quantitative estimate of drug-likeness (QED) is 0.770. The number of piperazine rings is 1. The lowest BCUT2D eigenvalue weighted by Gasteiger charge is -2.37. The highest BCUT2D eigenvalue weighted by molar-refractivity contribution is 5.71. The Balaban J connectivity index is 1.92. The van der Waals surface area contributed by atoms with Crippen LogP contribution in [0.4, 0.5) is 4.79 Å². The third-order valence-corrected chi connectivity index (χ3v) is 3.62. The van der Waals surface area contributed by atoms with Gasteiger partial charge in [-0.3, -0.25) is 9.69 Å². The Kier molecular flexibility index (Phi) is 3.71. The lowest BCUT2D eigenvalue weighted by atomic mass is 10.1. The molecule has 0 aliphatic carbocycles. The molecule has 2 fully saturated rings. The highest BCUT2D eigenvalue weighted by atomic mass is 16.6. The zero-order chi connectivity index (χ0) is 14.2. The van der Waals surface area contributed by atoms with Crippen molar-refractivity contribution in [3.63, 3.8) is 0 Å². The molecular formula is C13H22N2O4. The van der Waals surface area contributed by atoms with E-state index in [1.54, 1.807) is 4.90 Å². The average molecular weight is 270 g/mol. The molecule has 0 aromatic heterocycles. The highest BCUT2D eigenvalue weighted by Gasteiger charge is 2.40. The van der Waals surface area contributed by atoms with E-state index in [9.17, 15) is 9.59 Å². The zero-order valence-electron chi connectivity index (χ0n) is 11.8. The van der Waals surface area contributed by atoms with Crippen LogP contribution in [0.15, 0.2) is 0 Å². The molecule has 2 rings (SSSR count). The van der Waals surface area contributed by atoms with Crippen molar-refractivity contribution in [2.45, 2.75) is 38.8 Å². The summed E-state index contributed by atoms with van der Waals surface area (Å²) in [5.74, 6) is -1.04. The van der Waals surface area contributed by atoms with Gasteiger partial charge in [0, 0.05) is 32.2 Å². The number of rotatable bonds is 1. The van der Waals surface area contributed by atoms with Crippen LogP contribution < -0.4 is 0 Å². The second-order valence-electron chi connectivity index (χ2n) is 6.35. The van der Waals surface area contributed by atoms with Gasteiger partial charge in [-0.2, -0.15) is 0 Å². The van der Waals surface area contributed by atoms with Crippen LogP contribution in [0.25, 0.3) is 0 Å². The molecule has 2 saturated heterocycles. The molecule has 0 radical (unpaired) electrons. The van der Waals surface area contributed by atoms with Gasteiger partial charge in [0.25, 0.3) is 0 Å². The SMILES string of the molecule is CC(C)(C)OC(=O)N1CCN2C[C@@H](C(=O)O)C[C@@H]2C1. The minimum Gasteiger partial charge on any atom is -0.481 e. The standard InChI is InChI=1S/C13H22N2O4/c1-13(2,3)19-12(18)15-5-4-14-7-9(11(16)17)6-10(14)8-15/h9-10H,4-8H2,1-3H3,(H,16,17)/t9-,10+/m0/s1. The van der Waals surface area contributed by atoms with Crippen LogP contribution >= 0.6 is 0 Å². The summed E-state index contributed by atoms with van der Waals surface area (Å²) in [7, 11) is 0. The van der Waals surface area contributed by atoms with E-state index in [1.807, 2.05) is 20.8 Å². The molecule has 2 aliphatic rings. The lowest BCUT2D eigenvalue weighted by Crippen LogP contribution is -2.53. The van der Waals surface area contributed by atoms with Gasteiger partial charge >= 0.3 is 12.1 Å². The Morgan fingerprint density at radius 2 is 1.89 bits per heavy atom. The Morgan fingerprint density at radius 1 is 1.21 bits per heavy atom. The molecule has 2 heterocycles. The summed E-state index contributed by atoms with van der Waals surface area (Å²) in [6.45, 7) is 8.04. The molecule has 0 bridgehead atoms. The van der Waals surface area contributed by atoms with Crippen molar-refractivity contribution in [1.82, 2.24) is 9.80 Å². The molecule has 1 amide bonds. The van der Waals surface area contributed by atoms with Crippen molar-refractivity contribution in [3.05, 3.63) is 0 Å². The Hall–Kier alpha value is -1.30. The molecule has 6 heteroatoms. The Labute approximate surface area is 113 Å². The first-order chi connectivity index (χ1) is 8.76. The van der Waals surface area contributed by atoms with E-state index in [0.717, 1.165) is 6.54 Å². The summed E-state index contributed by atoms with van der Waals surface area (Å²) in [6, 6.07) is 0.155. The number of carboxylic acid groups (broad SMARTS) is 1. The van der Waals surface area contributed by atoms with Crippen LogP contribution in [-0.2, 0) is 9.53 Å². The van der Waals surface area contributed by atoms with Gasteiger partial charge in [-0.15, -0.1) is 0 Å². The number of carboxylic acids is 1. The Morgan fingerprint density at radius 3 is 2.47 bits per heavy atom. The van der Waals surface area contributed by atoms with Crippen molar-refractivity contribution in [2.75, 3.05) is 26.2 Å². The highest BCUT2D eigenvalue weighted by Crippen LogP contribution is 2.27. The van der Waals surface area contributed by atoms with Gasteiger partial charge in [0.05, 0.1) is 5.92 Å². The first kappa shape index (κ1) is 14.1. The molecule has 2 aliphatic heterocycles. The molecule has 19 heavy (non-hydrogen) atoms. The van der Waals surface area contributed by atoms with Crippen molar-refractivity contribution >= 4 is 12.1 Å². The molecule has 1 N–H and O–H groups in total. The van der Waals surface area contributed by atoms with Crippen LogP contribution in [0.5, 0.6) is 0 Å². The van der Waals surface area contributed by atoms with Gasteiger partial charge in [-0.1, -0.05) is 0 Å². The van der Waals surface area contributed by atoms with E-state index in [2.05, 4.69) is 4.90 Å². The number of amides is 1. The van der Waals surface area contributed by atoms with E-state index in [4.69, 9.17) is 9.84 Å². The van der Waals surface area contributed by atoms with Crippen molar-refractivity contribution < 1.29 is 19.4 Å². The fourth-order valence-electron chi connectivity index (χ4n) is 2.71. The topological polar surface area (TPSA) is 70.1 Å². The summed E-state index contributed by atoms with van der Waals surface area (Å²) in [6.07, 6.45) is 0.320. The maximum atomic E-state index is 12.0. The van der Waals surface area contributed by atoms with Crippen LogP contribution in [0.1, 0.15) is 27.2 Å². The maximum absolute atomic E-state index is 12.0. The molecule has 0 saturated carbocycles. The summed E-state index contributed by atoms with van der Waals surface area (Å²) in [5.41, 5.74) is -0.493. The normalized spacial score (nSPS) is 28.1. The first-order valence-corrected chi connectivity index (χ1v) is 6.71. The van der Waals surface area contributed by atoms with Crippen LogP contribution in [0.3, 0.4) is 0 Å². The van der Waals surface area contributed by atoms with E-state index in [1.165, 1.54) is 0 Å². The zero-order valence-corrected chi connectivity index (χ0v) is 11.8. The largest absolute Gasteiger partial charge is 0.481 e. The van der Waals surface area contributed by atoms with Crippen LogP contribution in [0, 0.1) is 5.92 Å². The molecule has 6 nitrogen and oxygen atoms in total. The Bertz CT molecular complexity index is 377. The van der Waals surface area contributed by atoms with E-state index < -0.39 is 11.6 Å². The minimum atomic E-state index is -0.738. The van der Waals surface area contributed by atoms with Gasteiger partial charge < -0.3 is 14.7 Å². The van der Waals surface area contributed by atoms with Crippen molar-refractivity contribution in [1.29, 1.82) is 0 Å². The summed E-state index contributed by atoms with van der Waals surface area (Å²) in [4.78, 5) is 26.9. The number of carbonyl (C=O) groups excluding carboxylic acids is 1. The predicted molar refractivity (Wildman–Crippen MR) is 68.9 cm³/mol.